The molecule has 0 saturated carbocycles. The lowest BCUT2D eigenvalue weighted by Gasteiger charge is -2.24. The first-order chi connectivity index (χ1) is 24.0. The van der Waals surface area contributed by atoms with Gasteiger partial charge in [0.1, 0.15) is 12.2 Å². The van der Waals surface area contributed by atoms with Crippen LogP contribution in [0.4, 0.5) is 22.0 Å². The van der Waals surface area contributed by atoms with Crippen LogP contribution in [0.5, 0.6) is 0 Å². The number of hydrogen-bond donors (Lipinski definition) is 0. The predicted molar refractivity (Wildman–Crippen MR) is 179 cm³/mol. The minimum absolute atomic E-state index is 0.0824. The summed E-state index contributed by atoms with van der Waals surface area (Å²) < 4.78 is 71.1. The molecule has 3 aromatic heterocycles. The van der Waals surface area contributed by atoms with Crippen molar-refractivity contribution in [3.63, 3.8) is 0 Å². The highest BCUT2D eigenvalue weighted by molar-refractivity contribution is 5.80. The molecule has 0 atom stereocenters. The van der Waals surface area contributed by atoms with E-state index in [2.05, 4.69) is 9.97 Å². The molecule has 0 aliphatic rings. The fourth-order valence-corrected chi connectivity index (χ4v) is 5.83. The molecule has 0 aliphatic carbocycles. The molecule has 50 heavy (non-hydrogen) atoms. The Bertz CT molecular complexity index is 2190. The van der Waals surface area contributed by atoms with Crippen LogP contribution in [-0.4, -0.2) is 29.9 Å². The van der Waals surface area contributed by atoms with E-state index >= 15 is 0 Å². The van der Waals surface area contributed by atoms with Crippen LogP contribution >= 0.6 is 0 Å². The molecule has 0 radical (unpaired) electrons. The van der Waals surface area contributed by atoms with Gasteiger partial charge in [0.25, 0.3) is 0 Å². The van der Waals surface area contributed by atoms with E-state index in [0.29, 0.717) is 40.1 Å². The summed E-state index contributed by atoms with van der Waals surface area (Å²) in [5.74, 6) is -2.24. The highest BCUT2D eigenvalue weighted by Gasteiger charge is 2.30. The molecule has 0 unspecified atom stereocenters. The van der Waals surface area contributed by atoms with Crippen molar-refractivity contribution in [3.8, 4) is 11.1 Å². The lowest BCUT2D eigenvalue weighted by molar-refractivity contribution is -0.137. The first-order valence-electron chi connectivity index (χ1n) is 16.0. The first kappa shape index (κ1) is 34.2. The van der Waals surface area contributed by atoms with Crippen molar-refractivity contribution in [1.29, 1.82) is 0 Å². The molecule has 256 valence electrons. The van der Waals surface area contributed by atoms with Gasteiger partial charge < -0.3 is 14.0 Å². The number of halogens is 5. The number of pyridine rings is 2. The molecule has 0 spiro atoms. The molecular weight excluding hydrogens is 653 g/mol. The lowest BCUT2D eigenvalue weighted by Crippen LogP contribution is -2.34. The van der Waals surface area contributed by atoms with Crippen LogP contribution in [0.1, 0.15) is 35.0 Å². The van der Waals surface area contributed by atoms with Gasteiger partial charge in [0.2, 0.25) is 5.91 Å². The number of benzene rings is 3. The van der Waals surface area contributed by atoms with E-state index in [4.69, 9.17) is 0 Å². The molecule has 0 N–H and O–H groups in total. The molecular formula is C38H32F5N5O2. The van der Waals surface area contributed by atoms with Crippen molar-refractivity contribution in [3.05, 3.63) is 154 Å². The van der Waals surface area contributed by atoms with Gasteiger partial charge >= 0.3 is 6.18 Å². The Hall–Kier alpha value is -5.65. The number of amides is 1. The molecule has 0 bridgehead atoms. The Kier molecular flexibility index (Phi) is 9.89. The predicted octanol–water partition coefficient (Wildman–Crippen LogP) is 7.59. The highest BCUT2D eigenvalue weighted by Crippen LogP contribution is 2.31. The Morgan fingerprint density at radius 2 is 1.58 bits per heavy atom. The lowest BCUT2D eigenvalue weighted by atomic mass is 10.0. The number of imidazole rings is 1. The van der Waals surface area contributed by atoms with E-state index in [9.17, 15) is 31.5 Å². The SMILES string of the molecule is CCn1cnc(CN(Cc2ccc(-c3ccc(C(F)(F)F)cc3)cc2)C(=O)Cn2c(CCc3cccc(F)c3F)cc(=O)c3cccnc32)c1. The normalized spacial score (nSPS) is 11.6. The number of nitrogens with zero attached hydrogens (tertiary/aromatic N) is 5. The van der Waals surface area contributed by atoms with Crippen molar-refractivity contribution in [2.45, 2.75) is 52.1 Å². The molecule has 1 amide bonds. The second kappa shape index (κ2) is 14.5. The molecule has 0 aliphatic heterocycles. The van der Waals surface area contributed by atoms with Crippen molar-refractivity contribution in [1.82, 2.24) is 24.0 Å². The maximum Gasteiger partial charge on any atom is 0.416 e. The Morgan fingerprint density at radius 3 is 2.26 bits per heavy atom. The van der Waals surface area contributed by atoms with Gasteiger partial charge in [-0.15, -0.1) is 0 Å². The fourth-order valence-electron chi connectivity index (χ4n) is 5.83. The monoisotopic (exact) mass is 685 g/mol. The molecule has 12 heteroatoms. The number of carbonyl (C=O) groups excluding carboxylic acids is 1. The largest absolute Gasteiger partial charge is 0.416 e. The molecule has 3 aromatic carbocycles. The van der Waals surface area contributed by atoms with Gasteiger partial charge in [-0.25, -0.2) is 18.7 Å². The van der Waals surface area contributed by atoms with E-state index in [1.165, 1.54) is 36.5 Å². The second-order valence-electron chi connectivity index (χ2n) is 11.9. The van der Waals surface area contributed by atoms with E-state index in [-0.39, 0.29) is 49.4 Å². The van der Waals surface area contributed by atoms with Gasteiger partial charge in [-0.3, -0.25) is 9.59 Å². The minimum atomic E-state index is -4.43. The van der Waals surface area contributed by atoms with Crippen LogP contribution in [0.3, 0.4) is 0 Å². The van der Waals surface area contributed by atoms with E-state index < -0.39 is 23.4 Å². The summed E-state index contributed by atoms with van der Waals surface area (Å²) in [5.41, 5.74) is 2.60. The number of hydrogen-bond acceptors (Lipinski definition) is 4. The highest BCUT2D eigenvalue weighted by atomic mass is 19.4. The Labute approximate surface area is 284 Å². The van der Waals surface area contributed by atoms with Gasteiger partial charge in [-0.1, -0.05) is 48.5 Å². The van der Waals surface area contributed by atoms with E-state index in [0.717, 1.165) is 23.8 Å². The summed E-state index contributed by atoms with van der Waals surface area (Å²) in [6.07, 6.45) is 0.846. The molecule has 0 fully saturated rings. The number of aryl methyl sites for hydroxylation is 3. The first-order valence-corrected chi connectivity index (χ1v) is 16.0. The third-order valence-corrected chi connectivity index (χ3v) is 8.56. The number of alkyl halides is 3. The van der Waals surface area contributed by atoms with Gasteiger partial charge in [0.15, 0.2) is 17.1 Å². The van der Waals surface area contributed by atoms with E-state index in [1.54, 1.807) is 40.1 Å². The van der Waals surface area contributed by atoms with Gasteiger partial charge in [-0.2, -0.15) is 13.2 Å². The zero-order valence-corrected chi connectivity index (χ0v) is 27.0. The molecule has 3 heterocycles. The van der Waals surface area contributed by atoms with Gasteiger partial charge in [-0.05, 0) is 72.4 Å². The van der Waals surface area contributed by atoms with Crippen LogP contribution in [0.15, 0.2) is 108 Å². The summed E-state index contributed by atoms with van der Waals surface area (Å²) in [7, 11) is 0. The molecule has 6 aromatic rings. The smallest absolute Gasteiger partial charge is 0.337 e. The second-order valence-corrected chi connectivity index (χ2v) is 11.9. The maximum absolute atomic E-state index is 14.5. The molecule has 0 saturated heterocycles. The van der Waals surface area contributed by atoms with Crippen LogP contribution in [-0.2, 0) is 50.0 Å². The molecule has 6 rings (SSSR count). The fraction of sp³-hybridized carbons (Fsp3) is 0.211. The summed E-state index contributed by atoms with van der Waals surface area (Å²) in [5, 5.41) is 0.313. The summed E-state index contributed by atoms with van der Waals surface area (Å²) in [6, 6.07) is 20.7. The van der Waals surface area contributed by atoms with Crippen LogP contribution in [0.25, 0.3) is 22.2 Å². The summed E-state index contributed by atoms with van der Waals surface area (Å²) >= 11 is 0. The number of rotatable bonds is 11. The maximum atomic E-state index is 14.5. The topological polar surface area (TPSA) is 73.0 Å². The Morgan fingerprint density at radius 1 is 0.860 bits per heavy atom. The van der Waals surface area contributed by atoms with Crippen LogP contribution < -0.4 is 5.43 Å². The van der Waals surface area contributed by atoms with Crippen molar-refractivity contribution in [2.24, 2.45) is 0 Å². The quantitative estimate of drug-likeness (QED) is 0.132. The van der Waals surface area contributed by atoms with Gasteiger partial charge in [0, 0.05) is 37.2 Å². The number of carbonyl (C=O) groups is 1. The molecule has 7 nitrogen and oxygen atoms in total. The van der Waals surface area contributed by atoms with Crippen LogP contribution in [0, 0.1) is 11.6 Å². The van der Waals surface area contributed by atoms with E-state index in [1.807, 2.05) is 29.8 Å². The van der Waals surface area contributed by atoms with Gasteiger partial charge in [0.05, 0.1) is 29.5 Å². The zero-order chi connectivity index (χ0) is 35.4. The third kappa shape index (κ3) is 7.64. The third-order valence-electron chi connectivity index (χ3n) is 8.56. The average Bonchev–Trinajstić information content (AvgIpc) is 3.57. The van der Waals surface area contributed by atoms with Crippen molar-refractivity contribution >= 4 is 16.9 Å². The standard InChI is InChI=1S/C38H32F5N5O2/c1-2-46-21-30(45-24-46)22-47(20-25-8-10-26(11-9-25)27-12-15-29(16-13-27)38(41,42)43)35(50)23-48-31(17-14-28-5-3-7-33(39)36(28)40)19-34(49)32-6-4-18-44-37(32)48/h3-13,15-16,18-19,21,24H,2,14,17,20,22-23H2,1H3. The van der Waals surface area contributed by atoms with Crippen molar-refractivity contribution < 1.29 is 26.7 Å². The number of fused-ring (bicyclic) bond motifs is 1. The zero-order valence-electron chi connectivity index (χ0n) is 27.0. The summed E-state index contributed by atoms with van der Waals surface area (Å²) in [4.78, 5) is 37.8. The average molecular weight is 686 g/mol. The van der Waals surface area contributed by atoms with Crippen molar-refractivity contribution in [2.75, 3.05) is 0 Å². The van der Waals surface area contributed by atoms with Crippen LogP contribution in [0.2, 0.25) is 0 Å². The Balaban J connectivity index is 1.30. The minimum Gasteiger partial charge on any atom is -0.337 e. The number of aromatic nitrogens is 4. The summed E-state index contributed by atoms with van der Waals surface area (Å²) in [6.45, 7) is 2.81.